The van der Waals surface area contributed by atoms with E-state index in [1.807, 2.05) is 0 Å². The summed E-state index contributed by atoms with van der Waals surface area (Å²) < 4.78 is 92.4. The average molecular weight is 575 g/mol. The summed E-state index contributed by atoms with van der Waals surface area (Å²) in [4.78, 5) is 23.1. The molecule has 0 spiro atoms. The number of hydrogen-bond donors (Lipinski definition) is 2. The molecule has 1 aliphatic carbocycles. The SMILES string of the molecule is CC(C)(OC(=O)Nc1ccc2c(c1)N(S(=O)(=O)c1ccc(F)c(C3CC3)c1)C[C@H](CCC(=O)O)O2)C(F)(F)F. The van der Waals surface area contributed by atoms with Crippen molar-refractivity contribution in [2.24, 2.45) is 0 Å². The molecule has 4 rings (SSSR count). The van der Waals surface area contributed by atoms with Crippen molar-refractivity contribution in [3.8, 4) is 5.75 Å². The Bertz CT molecular complexity index is 1390. The Morgan fingerprint density at radius 2 is 1.85 bits per heavy atom. The number of ether oxygens (including phenoxy) is 2. The van der Waals surface area contributed by atoms with Gasteiger partial charge in [-0.2, -0.15) is 13.2 Å². The molecule has 1 atom stereocenters. The highest BCUT2D eigenvalue weighted by Gasteiger charge is 2.51. The van der Waals surface area contributed by atoms with Crippen molar-refractivity contribution >= 4 is 33.5 Å². The third kappa shape index (κ3) is 6.21. The summed E-state index contributed by atoms with van der Waals surface area (Å²) >= 11 is 0. The van der Waals surface area contributed by atoms with E-state index in [4.69, 9.17) is 9.84 Å². The Balaban J connectivity index is 1.67. The third-order valence-corrected chi connectivity index (χ3v) is 8.20. The number of carbonyl (C=O) groups is 2. The molecule has 9 nitrogen and oxygen atoms in total. The lowest BCUT2D eigenvalue weighted by Gasteiger charge is -2.36. The van der Waals surface area contributed by atoms with Gasteiger partial charge in [0.2, 0.25) is 5.60 Å². The molecule has 0 saturated heterocycles. The van der Waals surface area contributed by atoms with E-state index in [1.165, 1.54) is 24.3 Å². The zero-order chi connectivity index (χ0) is 28.8. The quantitative estimate of drug-likeness (QED) is 0.404. The van der Waals surface area contributed by atoms with Gasteiger partial charge < -0.3 is 14.6 Å². The molecule has 0 radical (unpaired) electrons. The first kappa shape index (κ1) is 28.5. The number of rotatable bonds is 8. The molecule has 2 aliphatic rings. The lowest BCUT2D eigenvalue weighted by atomic mass is 10.1. The van der Waals surface area contributed by atoms with Crippen LogP contribution in [0.15, 0.2) is 41.3 Å². The largest absolute Gasteiger partial charge is 0.486 e. The van der Waals surface area contributed by atoms with Gasteiger partial charge in [-0.25, -0.2) is 17.6 Å². The van der Waals surface area contributed by atoms with Crippen LogP contribution in [0.4, 0.5) is 33.7 Å². The number of carboxylic acids is 1. The van der Waals surface area contributed by atoms with Crippen molar-refractivity contribution in [1.82, 2.24) is 0 Å². The maximum Gasteiger partial charge on any atom is 0.427 e. The van der Waals surface area contributed by atoms with Gasteiger partial charge in [-0.15, -0.1) is 0 Å². The minimum Gasteiger partial charge on any atom is -0.486 e. The van der Waals surface area contributed by atoms with E-state index in [9.17, 15) is 35.6 Å². The smallest absolute Gasteiger partial charge is 0.427 e. The first-order valence-corrected chi connectivity index (χ1v) is 13.4. The molecule has 0 unspecified atom stereocenters. The molecule has 0 aromatic heterocycles. The van der Waals surface area contributed by atoms with Crippen molar-refractivity contribution in [3.63, 3.8) is 0 Å². The van der Waals surface area contributed by atoms with Gasteiger partial charge in [0.05, 0.1) is 17.1 Å². The predicted octanol–water partition coefficient (Wildman–Crippen LogP) is 5.41. The Morgan fingerprint density at radius 1 is 1.15 bits per heavy atom. The lowest BCUT2D eigenvalue weighted by molar-refractivity contribution is -0.242. The molecule has 2 N–H and O–H groups in total. The van der Waals surface area contributed by atoms with Crippen molar-refractivity contribution < 1.29 is 50.1 Å². The van der Waals surface area contributed by atoms with E-state index >= 15 is 0 Å². The van der Waals surface area contributed by atoms with Crippen LogP contribution in [0, 0.1) is 5.82 Å². The topological polar surface area (TPSA) is 122 Å². The van der Waals surface area contributed by atoms with Crippen LogP contribution in [-0.2, 0) is 19.6 Å². The van der Waals surface area contributed by atoms with Gasteiger partial charge in [0.1, 0.15) is 17.7 Å². The van der Waals surface area contributed by atoms with Gasteiger partial charge in [0.15, 0.2) is 0 Å². The number of anilines is 2. The molecular weight excluding hydrogens is 548 g/mol. The molecule has 1 fully saturated rings. The molecule has 14 heteroatoms. The fourth-order valence-corrected chi connectivity index (χ4v) is 5.54. The number of hydrogen-bond acceptors (Lipinski definition) is 6. The van der Waals surface area contributed by atoms with Gasteiger partial charge in [0, 0.05) is 12.1 Å². The van der Waals surface area contributed by atoms with Crippen molar-refractivity contribution in [1.29, 1.82) is 0 Å². The molecule has 39 heavy (non-hydrogen) atoms. The van der Waals surface area contributed by atoms with Crippen LogP contribution in [-0.4, -0.2) is 50.0 Å². The second-order valence-corrected chi connectivity index (χ2v) is 11.7. The number of nitrogens with one attached hydrogen (secondary N) is 1. The van der Waals surface area contributed by atoms with Crippen LogP contribution in [0.1, 0.15) is 51.0 Å². The van der Waals surface area contributed by atoms with Crippen LogP contribution in [0.5, 0.6) is 5.75 Å². The number of halogens is 4. The van der Waals surface area contributed by atoms with E-state index in [-0.39, 0.29) is 52.9 Å². The number of sulfonamides is 1. The number of amides is 1. The van der Waals surface area contributed by atoms with Crippen molar-refractivity contribution in [2.75, 3.05) is 16.2 Å². The molecule has 1 aliphatic heterocycles. The van der Waals surface area contributed by atoms with Gasteiger partial charge in [-0.1, -0.05) is 0 Å². The summed E-state index contributed by atoms with van der Waals surface area (Å²) in [6.07, 6.45) is -5.95. The second kappa shape index (κ2) is 10.2. The summed E-state index contributed by atoms with van der Waals surface area (Å²) in [6, 6.07) is 7.22. The molecule has 0 bridgehead atoms. The number of benzene rings is 2. The number of carbonyl (C=O) groups excluding carboxylic acids is 1. The number of nitrogens with zero attached hydrogens (tertiary/aromatic N) is 1. The van der Waals surface area contributed by atoms with E-state index < -0.39 is 45.8 Å². The zero-order valence-corrected chi connectivity index (χ0v) is 21.7. The van der Waals surface area contributed by atoms with Crippen LogP contribution in [0.25, 0.3) is 0 Å². The second-order valence-electron chi connectivity index (χ2n) is 9.87. The highest BCUT2D eigenvalue weighted by atomic mass is 32.2. The molecule has 1 heterocycles. The van der Waals surface area contributed by atoms with E-state index in [0.717, 1.165) is 29.3 Å². The normalized spacial score (nSPS) is 17.7. The highest BCUT2D eigenvalue weighted by molar-refractivity contribution is 7.92. The number of fused-ring (bicyclic) bond motifs is 1. The fraction of sp³-hybridized carbons (Fsp3) is 0.440. The van der Waals surface area contributed by atoms with Crippen LogP contribution >= 0.6 is 0 Å². The lowest BCUT2D eigenvalue weighted by Crippen LogP contribution is -2.44. The maximum atomic E-state index is 14.3. The summed E-state index contributed by atoms with van der Waals surface area (Å²) in [5.41, 5.74) is -2.64. The van der Waals surface area contributed by atoms with Crippen molar-refractivity contribution in [2.45, 2.75) is 68.2 Å². The van der Waals surface area contributed by atoms with E-state index in [0.29, 0.717) is 13.8 Å². The minimum absolute atomic E-state index is 0.0175. The van der Waals surface area contributed by atoms with Gasteiger partial charge in [-0.3, -0.25) is 14.4 Å². The predicted molar refractivity (Wildman–Crippen MR) is 131 cm³/mol. The standard InChI is InChI=1S/C25H26F4N2O7S/c1-24(2,25(27,28)29)38-23(34)30-15-5-9-21-20(11-15)31(13-16(37-21)6-10-22(32)33)39(35,36)17-7-8-19(26)18(12-17)14-3-4-14/h5,7-9,11-12,14,16H,3-4,6,10,13H2,1-2H3,(H,30,34)(H,32,33)/t16-/m0/s1. The monoisotopic (exact) mass is 574 g/mol. The van der Waals surface area contributed by atoms with Crippen LogP contribution in [0.3, 0.4) is 0 Å². The summed E-state index contributed by atoms with van der Waals surface area (Å²) in [6.45, 7) is 1.06. The molecule has 2 aromatic carbocycles. The minimum atomic E-state index is -4.83. The number of carboxylic acid groups (broad SMARTS) is 1. The summed E-state index contributed by atoms with van der Waals surface area (Å²) in [7, 11) is -4.34. The van der Waals surface area contributed by atoms with Gasteiger partial charge in [0.25, 0.3) is 10.0 Å². The Hall–Kier alpha value is -3.55. The van der Waals surface area contributed by atoms with E-state index in [1.54, 1.807) is 0 Å². The number of aliphatic carboxylic acids is 1. The number of alkyl halides is 3. The molecule has 2 aromatic rings. The molecular formula is C25H26F4N2O7S. The molecule has 1 amide bonds. The van der Waals surface area contributed by atoms with Gasteiger partial charge in [-0.05, 0) is 81.0 Å². The Labute approximate surface area is 221 Å². The van der Waals surface area contributed by atoms with E-state index in [2.05, 4.69) is 10.1 Å². The molecule has 212 valence electrons. The fourth-order valence-electron chi connectivity index (χ4n) is 4.00. The van der Waals surface area contributed by atoms with Crippen LogP contribution < -0.4 is 14.4 Å². The Kier molecular flexibility index (Phi) is 7.45. The highest BCUT2D eigenvalue weighted by Crippen LogP contribution is 2.44. The zero-order valence-electron chi connectivity index (χ0n) is 20.9. The molecule has 1 saturated carbocycles. The average Bonchev–Trinajstić information content (AvgIpc) is 3.66. The van der Waals surface area contributed by atoms with Gasteiger partial charge >= 0.3 is 18.2 Å². The van der Waals surface area contributed by atoms with Crippen LogP contribution in [0.2, 0.25) is 0 Å². The maximum absolute atomic E-state index is 14.3. The summed E-state index contributed by atoms with van der Waals surface area (Å²) in [5.74, 6) is -1.67. The Morgan fingerprint density at radius 3 is 2.46 bits per heavy atom. The third-order valence-electron chi connectivity index (χ3n) is 6.42. The first-order valence-electron chi connectivity index (χ1n) is 12.0. The summed E-state index contributed by atoms with van der Waals surface area (Å²) in [5, 5.41) is 11.2. The first-order chi connectivity index (χ1) is 18.1. The van der Waals surface area contributed by atoms with Crippen molar-refractivity contribution in [3.05, 3.63) is 47.8 Å².